The van der Waals surface area contributed by atoms with Gasteiger partial charge in [0, 0.05) is 6.61 Å². The van der Waals surface area contributed by atoms with E-state index in [9.17, 15) is 4.79 Å². The largest absolute Gasteiger partial charge is 0.464 e. The van der Waals surface area contributed by atoms with E-state index < -0.39 is 0 Å². The molecule has 0 saturated heterocycles. The van der Waals surface area contributed by atoms with Crippen LogP contribution in [0, 0.1) is 0 Å². The fourth-order valence-electron chi connectivity index (χ4n) is 1.44. The molecule has 0 N–H and O–H groups in total. The van der Waals surface area contributed by atoms with Gasteiger partial charge in [0.25, 0.3) is 0 Å². The molecule has 1 aromatic carbocycles. The summed E-state index contributed by atoms with van der Waals surface area (Å²) < 4.78 is 10.1. The highest BCUT2D eigenvalue weighted by atomic mass is 16.6. The van der Waals surface area contributed by atoms with Gasteiger partial charge in [-0.3, -0.25) is 0 Å². The summed E-state index contributed by atoms with van der Waals surface area (Å²) in [5.41, 5.74) is 1.30. The second-order valence-corrected chi connectivity index (χ2v) is 3.86. The summed E-state index contributed by atoms with van der Waals surface area (Å²) >= 11 is 0. The minimum absolute atomic E-state index is 0.0643. The molecule has 0 bridgehead atoms. The van der Waals surface area contributed by atoms with Crippen molar-refractivity contribution in [3.8, 4) is 0 Å². The predicted octanol–water partition coefficient (Wildman–Crippen LogP) is 2.59. The molecule has 0 saturated carbocycles. The first-order valence-electron chi connectivity index (χ1n) is 6.10. The molecule has 1 aromatic rings. The van der Waals surface area contributed by atoms with Crippen molar-refractivity contribution in [1.29, 1.82) is 0 Å². The Kier molecular flexibility index (Phi) is 7.07. The van der Waals surface area contributed by atoms with Gasteiger partial charge in [-0.15, -0.1) is 0 Å². The van der Waals surface area contributed by atoms with Crippen LogP contribution in [0.4, 0.5) is 0 Å². The smallest absolute Gasteiger partial charge is 0.332 e. The molecule has 17 heavy (non-hydrogen) atoms. The maximum absolute atomic E-state index is 11.1. The SMILES string of the molecule is CCCOC(=O)COCCCc1ccccc1. The third kappa shape index (κ3) is 6.74. The number of aryl methyl sites for hydroxylation is 1. The van der Waals surface area contributed by atoms with E-state index in [1.54, 1.807) is 0 Å². The summed E-state index contributed by atoms with van der Waals surface area (Å²) in [5.74, 6) is -0.272. The summed E-state index contributed by atoms with van der Waals surface area (Å²) in [7, 11) is 0. The van der Waals surface area contributed by atoms with Gasteiger partial charge in [-0.2, -0.15) is 0 Å². The monoisotopic (exact) mass is 236 g/mol. The van der Waals surface area contributed by atoms with Crippen LogP contribution in [0.25, 0.3) is 0 Å². The van der Waals surface area contributed by atoms with Crippen LogP contribution in [0.2, 0.25) is 0 Å². The number of rotatable bonds is 8. The van der Waals surface area contributed by atoms with E-state index in [1.807, 2.05) is 25.1 Å². The molecule has 0 aliphatic rings. The van der Waals surface area contributed by atoms with E-state index in [-0.39, 0.29) is 12.6 Å². The standard InChI is InChI=1S/C14H20O3/c1-2-10-17-14(15)12-16-11-6-9-13-7-4-3-5-8-13/h3-5,7-8H,2,6,9-12H2,1H3. The number of carbonyl (C=O) groups is 1. The lowest BCUT2D eigenvalue weighted by atomic mass is 10.1. The Labute approximate surface area is 103 Å². The summed E-state index contributed by atoms with van der Waals surface area (Å²) in [6.07, 6.45) is 2.75. The molecule has 0 aliphatic heterocycles. The fraction of sp³-hybridized carbons (Fsp3) is 0.500. The highest BCUT2D eigenvalue weighted by Gasteiger charge is 2.01. The predicted molar refractivity (Wildman–Crippen MR) is 66.8 cm³/mol. The number of esters is 1. The van der Waals surface area contributed by atoms with Gasteiger partial charge in [0.05, 0.1) is 6.61 Å². The molecule has 94 valence electrons. The summed E-state index contributed by atoms with van der Waals surface area (Å²) in [6.45, 7) is 3.10. The molecule has 0 atom stereocenters. The summed E-state index contributed by atoms with van der Waals surface area (Å²) in [5, 5.41) is 0. The van der Waals surface area contributed by atoms with Crippen molar-refractivity contribution in [2.45, 2.75) is 26.2 Å². The van der Waals surface area contributed by atoms with Crippen molar-refractivity contribution in [3.05, 3.63) is 35.9 Å². The average Bonchev–Trinajstić information content (AvgIpc) is 2.37. The van der Waals surface area contributed by atoms with Crippen molar-refractivity contribution in [2.75, 3.05) is 19.8 Å². The van der Waals surface area contributed by atoms with E-state index in [1.165, 1.54) is 5.56 Å². The van der Waals surface area contributed by atoms with Crippen molar-refractivity contribution < 1.29 is 14.3 Å². The molecule has 0 spiro atoms. The van der Waals surface area contributed by atoms with Crippen LogP contribution in [0.5, 0.6) is 0 Å². The van der Waals surface area contributed by atoms with E-state index in [2.05, 4.69) is 12.1 Å². The topological polar surface area (TPSA) is 35.5 Å². The molecule has 0 fully saturated rings. The zero-order chi connectivity index (χ0) is 12.3. The zero-order valence-corrected chi connectivity index (χ0v) is 10.4. The molecule has 3 heteroatoms. The van der Waals surface area contributed by atoms with Crippen LogP contribution in [0.1, 0.15) is 25.3 Å². The van der Waals surface area contributed by atoms with Crippen molar-refractivity contribution >= 4 is 5.97 Å². The van der Waals surface area contributed by atoms with E-state index in [0.717, 1.165) is 19.3 Å². The minimum atomic E-state index is -0.272. The maximum Gasteiger partial charge on any atom is 0.332 e. The number of benzene rings is 1. The molecule has 0 amide bonds. The molecule has 3 nitrogen and oxygen atoms in total. The first kappa shape index (κ1) is 13.7. The molecule has 1 rings (SSSR count). The Balaban J connectivity index is 1.99. The van der Waals surface area contributed by atoms with Gasteiger partial charge in [-0.25, -0.2) is 4.79 Å². The summed E-state index contributed by atoms with van der Waals surface area (Å²) in [4.78, 5) is 11.1. The molecule has 0 aliphatic carbocycles. The average molecular weight is 236 g/mol. The lowest BCUT2D eigenvalue weighted by Gasteiger charge is -2.05. The molecule has 0 unspecified atom stereocenters. The van der Waals surface area contributed by atoms with Gasteiger partial charge in [-0.05, 0) is 24.8 Å². The van der Waals surface area contributed by atoms with Gasteiger partial charge >= 0.3 is 5.97 Å². The van der Waals surface area contributed by atoms with Gasteiger partial charge in [0.1, 0.15) is 6.61 Å². The molecule has 0 radical (unpaired) electrons. The van der Waals surface area contributed by atoms with Gasteiger partial charge < -0.3 is 9.47 Å². The molecular formula is C14H20O3. The molecule has 0 aromatic heterocycles. The second-order valence-electron chi connectivity index (χ2n) is 3.86. The lowest BCUT2D eigenvalue weighted by molar-refractivity contribution is -0.149. The van der Waals surface area contributed by atoms with E-state index in [4.69, 9.17) is 9.47 Å². The number of hydrogen-bond donors (Lipinski definition) is 0. The highest BCUT2D eigenvalue weighted by Crippen LogP contribution is 2.02. The Morgan fingerprint density at radius 1 is 1.18 bits per heavy atom. The maximum atomic E-state index is 11.1. The fourth-order valence-corrected chi connectivity index (χ4v) is 1.44. The van der Waals surface area contributed by atoms with Crippen molar-refractivity contribution in [1.82, 2.24) is 0 Å². The Morgan fingerprint density at radius 3 is 2.65 bits per heavy atom. The minimum Gasteiger partial charge on any atom is -0.464 e. The van der Waals surface area contributed by atoms with E-state index in [0.29, 0.717) is 13.2 Å². The van der Waals surface area contributed by atoms with Crippen LogP contribution < -0.4 is 0 Å². The van der Waals surface area contributed by atoms with Crippen LogP contribution >= 0.6 is 0 Å². The van der Waals surface area contributed by atoms with Gasteiger partial charge in [0.2, 0.25) is 0 Å². The summed E-state index contributed by atoms with van der Waals surface area (Å²) in [6, 6.07) is 10.2. The quantitative estimate of drug-likeness (QED) is 0.514. The Hall–Kier alpha value is -1.35. The third-order valence-corrected chi connectivity index (χ3v) is 2.28. The van der Waals surface area contributed by atoms with Crippen molar-refractivity contribution in [3.63, 3.8) is 0 Å². The third-order valence-electron chi connectivity index (χ3n) is 2.28. The van der Waals surface area contributed by atoms with Gasteiger partial charge in [-0.1, -0.05) is 37.3 Å². The van der Waals surface area contributed by atoms with Crippen LogP contribution in [-0.2, 0) is 20.7 Å². The van der Waals surface area contributed by atoms with E-state index >= 15 is 0 Å². The number of hydrogen-bond acceptors (Lipinski definition) is 3. The first-order chi connectivity index (χ1) is 8.33. The van der Waals surface area contributed by atoms with Gasteiger partial charge in [0.15, 0.2) is 0 Å². The van der Waals surface area contributed by atoms with Crippen LogP contribution in [0.15, 0.2) is 30.3 Å². The normalized spacial score (nSPS) is 10.2. The molecular weight excluding hydrogens is 216 g/mol. The van der Waals surface area contributed by atoms with Crippen LogP contribution in [0.3, 0.4) is 0 Å². The Bertz CT molecular complexity index is 309. The Morgan fingerprint density at radius 2 is 1.94 bits per heavy atom. The number of carbonyl (C=O) groups excluding carboxylic acids is 1. The van der Waals surface area contributed by atoms with Crippen molar-refractivity contribution in [2.24, 2.45) is 0 Å². The molecule has 0 heterocycles. The van der Waals surface area contributed by atoms with Crippen LogP contribution in [-0.4, -0.2) is 25.8 Å². The highest BCUT2D eigenvalue weighted by molar-refractivity contribution is 5.70. The first-order valence-corrected chi connectivity index (χ1v) is 6.10. The lowest BCUT2D eigenvalue weighted by Crippen LogP contribution is -2.13. The zero-order valence-electron chi connectivity index (χ0n) is 10.4. The second kappa shape index (κ2) is 8.76. The number of ether oxygens (including phenoxy) is 2.